The first kappa shape index (κ1) is 22.4. The summed E-state index contributed by atoms with van der Waals surface area (Å²) in [6.07, 6.45) is 2.92. The van der Waals surface area contributed by atoms with Gasteiger partial charge in [0.2, 0.25) is 18.6 Å². The quantitative estimate of drug-likeness (QED) is 0.558. The van der Waals surface area contributed by atoms with Crippen LogP contribution >= 0.6 is 0 Å². The number of piperidine rings is 1. The van der Waals surface area contributed by atoms with Crippen LogP contribution in [0.4, 0.5) is 11.4 Å². The smallest absolute Gasteiger partial charge is 0.255 e. The predicted molar refractivity (Wildman–Crippen MR) is 135 cm³/mol. The molecule has 1 aliphatic carbocycles. The summed E-state index contributed by atoms with van der Waals surface area (Å²) in [5.41, 5.74) is 1.71. The molecule has 8 heteroatoms. The maximum atomic E-state index is 13.6. The van der Waals surface area contributed by atoms with Gasteiger partial charge in [-0.05, 0) is 60.7 Å². The first-order valence-corrected chi connectivity index (χ1v) is 12.4. The van der Waals surface area contributed by atoms with Crippen molar-refractivity contribution in [3.8, 4) is 11.5 Å². The van der Waals surface area contributed by atoms with E-state index in [-0.39, 0.29) is 36.4 Å². The second-order valence-corrected chi connectivity index (χ2v) is 9.63. The number of hydrogen-bond donors (Lipinski definition) is 2. The molecular weight excluding hydrogens is 458 g/mol. The van der Waals surface area contributed by atoms with Gasteiger partial charge in [-0.1, -0.05) is 24.3 Å². The molecule has 1 saturated heterocycles. The van der Waals surface area contributed by atoms with Gasteiger partial charge >= 0.3 is 0 Å². The van der Waals surface area contributed by atoms with Crippen molar-refractivity contribution in [1.29, 1.82) is 0 Å². The van der Waals surface area contributed by atoms with Gasteiger partial charge in [0.25, 0.3) is 5.91 Å². The molecule has 3 amide bonds. The molecule has 1 saturated carbocycles. The minimum Gasteiger partial charge on any atom is -0.454 e. The Morgan fingerprint density at radius 2 is 1.42 bits per heavy atom. The highest BCUT2D eigenvalue weighted by Crippen LogP contribution is 2.35. The molecule has 0 aromatic heterocycles. The number of fused-ring (bicyclic) bond motifs is 2. The van der Waals surface area contributed by atoms with Crippen LogP contribution in [0.2, 0.25) is 0 Å². The maximum Gasteiger partial charge on any atom is 0.255 e. The van der Waals surface area contributed by atoms with E-state index < -0.39 is 0 Å². The fourth-order valence-electron chi connectivity index (χ4n) is 4.83. The van der Waals surface area contributed by atoms with E-state index in [1.165, 1.54) is 0 Å². The van der Waals surface area contributed by atoms with Gasteiger partial charge in [0.1, 0.15) is 0 Å². The molecule has 0 spiro atoms. The molecule has 2 N–H and O–H groups in total. The van der Waals surface area contributed by atoms with E-state index in [2.05, 4.69) is 10.6 Å². The zero-order valence-electron chi connectivity index (χ0n) is 19.8. The summed E-state index contributed by atoms with van der Waals surface area (Å²) < 4.78 is 10.7. The zero-order chi connectivity index (χ0) is 24.6. The van der Waals surface area contributed by atoms with Gasteiger partial charge < -0.3 is 25.0 Å². The number of ether oxygens (including phenoxy) is 2. The monoisotopic (exact) mass is 485 g/mol. The molecule has 0 unspecified atom stereocenters. The summed E-state index contributed by atoms with van der Waals surface area (Å²) in [6, 6.07) is 16.9. The number of nitrogens with zero attached hydrogens (tertiary/aromatic N) is 1. The average molecular weight is 486 g/mol. The number of amides is 3. The Hall–Kier alpha value is -4.07. The number of carbonyl (C=O) groups is 3. The van der Waals surface area contributed by atoms with Crippen molar-refractivity contribution in [2.24, 2.45) is 11.8 Å². The second kappa shape index (κ2) is 9.18. The van der Waals surface area contributed by atoms with Gasteiger partial charge in [-0.15, -0.1) is 0 Å². The van der Waals surface area contributed by atoms with Crippen molar-refractivity contribution >= 4 is 39.9 Å². The van der Waals surface area contributed by atoms with Gasteiger partial charge in [0.15, 0.2) is 11.5 Å². The lowest BCUT2D eigenvalue weighted by Gasteiger charge is -2.32. The first-order chi connectivity index (χ1) is 17.5. The summed E-state index contributed by atoms with van der Waals surface area (Å²) in [7, 11) is 0. The van der Waals surface area contributed by atoms with Crippen LogP contribution in [0.5, 0.6) is 11.5 Å². The number of nitrogens with one attached hydrogen (secondary N) is 2. The molecule has 2 heterocycles. The Balaban J connectivity index is 1.14. The van der Waals surface area contributed by atoms with Gasteiger partial charge in [-0.25, -0.2) is 0 Å². The van der Waals surface area contributed by atoms with Crippen molar-refractivity contribution in [3.05, 3.63) is 60.2 Å². The van der Waals surface area contributed by atoms with E-state index in [1.807, 2.05) is 36.4 Å². The summed E-state index contributed by atoms with van der Waals surface area (Å²) in [5, 5.41) is 7.86. The highest BCUT2D eigenvalue weighted by molar-refractivity contribution is 6.08. The normalized spacial score (nSPS) is 17.2. The zero-order valence-corrected chi connectivity index (χ0v) is 19.8. The maximum absolute atomic E-state index is 13.6. The third kappa shape index (κ3) is 4.46. The molecule has 0 atom stereocenters. The molecule has 8 nitrogen and oxygen atoms in total. The predicted octanol–water partition coefficient (Wildman–Crippen LogP) is 4.41. The molecule has 2 aliphatic heterocycles. The van der Waals surface area contributed by atoms with Gasteiger partial charge in [0, 0.05) is 36.7 Å². The summed E-state index contributed by atoms with van der Waals surface area (Å²) >= 11 is 0. The summed E-state index contributed by atoms with van der Waals surface area (Å²) in [5.74, 6) is 0.918. The highest BCUT2D eigenvalue weighted by atomic mass is 16.7. The Kier molecular flexibility index (Phi) is 5.71. The van der Waals surface area contributed by atoms with Crippen molar-refractivity contribution in [1.82, 2.24) is 4.90 Å². The number of anilines is 2. The Morgan fingerprint density at radius 3 is 2.17 bits per heavy atom. The Bertz CT molecular complexity index is 1360. The Labute approximate surface area is 208 Å². The average Bonchev–Trinajstić information content (AvgIpc) is 3.66. The highest BCUT2D eigenvalue weighted by Gasteiger charge is 2.32. The van der Waals surface area contributed by atoms with E-state index >= 15 is 0 Å². The van der Waals surface area contributed by atoms with Crippen LogP contribution in [0.1, 0.15) is 36.0 Å². The molecular formula is C28H27N3O5. The van der Waals surface area contributed by atoms with Crippen molar-refractivity contribution in [2.75, 3.05) is 30.5 Å². The number of rotatable bonds is 5. The lowest BCUT2D eigenvalue weighted by Crippen LogP contribution is -2.41. The van der Waals surface area contributed by atoms with Crippen LogP contribution in [0.25, 0.3) is 10.8 Å². The lowest BCUT2D eigenvalue weighted by molar-refractivity contribution is -0.121. The van der Waals surface area contributed by atoms with E-state index in [4.69, 9.17) is 9.47 Å². The van der Waals surface area contributed by atoms with Crippen LogP contribution in [0.3, 0.4) is 0 Å². The van der Waals surface area contributed by atoms with E-state index in [9.17, 15) is 14.4 Å². The van der Waals surface area contributed by atoms with Crippen LogP contribution in [0.15, 0.2) is 54.6 Å². The number of hydrogen-bond acceptors (Lipinski definition) is 5. The fraction of sp³-hybridized carbons (Fsp3) is 0.321. The van der Waals surface area contributed by atoms with Crippen molar-refractivity contribution in [3.63, 3.8) is 0 Å². The summed E-state index contributed by atoms with van der Waals surface area (Å²) in [6.45, 7) is 1.13. The largest absolute Gasteiger partial charge is 0.454 e. The third-order valence-electron chi connectivity index (χ3n) is 7.12. The molecule has 3 aromatic carbocycles. The molecule has 2 fully saturated rings. The first-order valence-electron chi connectivity index (χ1n) is 12.4. The Morgan fingerprint density at radius 1 is 0.750 bits per heavy atom. The van der Waals surface area contributed by atoms with Crippen LogP contribution in [0, 0.1) is 11.8 Å². The van der Waals surface area contributed by atoms with Gasteiger partial charge in [0.05, 0.1) is 11.3 Å². The molecule has 184 valence electrons. The fourth-order valence-corrected chi connectivity index (χ4v) is 4.83. The molecule has 3 aliphatic rings. The number of carbonyl (C=O) groups excluding carboxylic acids is 3. The van der Waals surface area contributed by atoms with Gasteiger partial charge in [-0.2, -0.15) is 0 Å². The van der Waals surface area contributed by atoms with E-state index in [1.54, 1.807) is 23.1 Å². The minimum atomic E-state index is -0.190. The molecule has 6 rings (SSSR count). The molecule has 36 heavy (non-hydrogen) atoms. The minimum absolute atomic E-state index is 0.0294. The van der Waals surface area contributed by atoms with Crippen LogP contribution < -0.4 is 20.1 Å². The molecule has 0 bridgehead atoms. The molecule has 3 aromatic rings. The van der Waals surface area contributed by atoms with E-state index in [0.717, 1.165) is 23.6 Å². The van der Waals surface area contributed by atoms with E-state index in [0.29, 0.717) is 54.4 Å². The third-order valence-corrected chi connectivity index (χ3v) is 7.12. The second-order valence-electron chi connectivity index (χ2n) is 9.63. The summed E-state index contributed by atoms with van der Waals surface area (Å²) in [4.78, 5) is 40.7. The lowest BCUT2D eigenvalue weighted by atomic mass is 9.94. The van der Waals surface area contributed by atoms with Gasteiger partial charge in [-0.3, -0.25) is 14.4 Å². The van der Waals surface area contributed by atoms with Crippen molar-refractivity contribution in [2.45, 2.75) is 25.7 Å². The topological polar surface area (TPSA) is 97.0 Å². The standard InChI is InChI=1S/C28H27N3O5/c32-26(29-21-7-8-24-25(15-21)36-16-35-24)18-9-11-31(12-10-18)28(34)22-13-19-3-1-2-4-20(19)14-23(22)30-27(33)17-5-6-17/h1-4,7-8,13-15,17-18H,5-6,9-12,16H2,(H,29,32)(H,30,33). The SMILES string of the molecule is O=C(Nc1ccc2c(c1)OCO2)C1CCN(C(=O)c2cc3ccccc3cc2NC(=O)C2CC2)CC1. The van der Waals surface area contributed by atoms with Crippen molar-refractivity contribution < 1.29 is 23.9 Å². The van der Waals surface area contributed by atoms with Crippen LogP contribution in [-0.4, -0.2) is 42.5 Å². The number of benzene rings is 3. The number of likely N-dealkylation sites (tertiary alicyclic amines) is 1. The van der Waals surface area contributed by atoms with Crippen LogP contribution in [-0.2, 0) is 9.59 Å². The molecule has 0 radical (unpaired) electrons.